The van der Waals surface area contributed by atoms with Crippen molar-refractivity contribution >= 4 is 28.2 Å². The van der Waals surface area contributed by atoms with E-state index in [-0.39, 0.29) is 16.9 Å². The maximum atomic E-state index is 13.0. The van der Waals surface area contributed by atoms with Gasteiger partial charge >= 0.3 is 0 Å². The van der Waals surface area contributed by atoms with Gasteiger partial charge in [-0.2, -0.15) is 0 Å². The van der Waals surface area contributed by atoms with Crippen molar-refractivity contribution in [2.75, 3.05) is 5.32 Å². The Morgan fingerprint density at radius 3 is 2.36 bits per heavy atom. The minimum Gasteiger partial charge on any atom is -0.296 e. The Kier molecular flexibility index (Phi) is 4.95. The van der Waals surface area contributed by atoms with E-state index in [0.717, 1.165) is 11.4 Å². The first-order valence-corrected chi connectivity index (χ1v) is 8.43. The van der Waals surface area contributed by atoms with Crippen LogP contribution in [0.1, 0.15) is 38.2 Å². The molecule has 1 amide bonds. The minimum atomic E-state index is -0.440. The van der Waals surface area contributed by atoms with Gasteiger partial charge in [0.15, 0.2) is 5.78 Å². The Bertz CT molecular complexity index is 922. The van der Waals surface area contributed by atoms with Crippen LogP contribution in [0.15, 0.2) is 48.5 Å². The smallest absolute Gasteiger partial charge is 0.258 e. The highest BCUT2D eigenvalue weighted by atomic mass is 32.1. The van der Waals surface area contributed by atoms with Crippen molar-refractivity contribution in [3.8, 4) is 0 Å². The second-order valence-electron chi connectivity index (χ2n) is 5.19. The molecule has 3 aromatic rings. The molecule has 7 heteroatoms. The third-order valence-electron chi connectivity index (χ3n) is 3.51. The van der Waals surface area contributed by atoms with Gasteiger partial charge in [-0.15, -0.1) is 10.2 Å². The van der Waals surface area contributed by atoms with Crippen molar-refractivity contribution in [1.82, 2.24) is 10.2 Å². The number of anilines is 1. The summed E-state index contributed by atoms with van der Waals surface area (Å²) in [5.74, 6) is -1.22. The summed E-state index contributed by atoms with van der Waals surface area (Å²) in [7, 11) is 0. The fraction of sp³-hybridized carbons (Fsp3) is 0.111. The molecule has 0 bridgehead atoms. The Labute approximate surface area is 147 Å². The van der Waals surface area contributed by atoms with Crippen molar-refractivity contribution in [2.24, 2.45) is 0 Å². The van der Waals surface area contributed by atoms with E-state index in [1.807, 2.05) is 6.92 Å². The number of amides is 1. The molecule has 0 saturated heterocycles. The van der Waals surface area contributed by atoms with Crippen LogP contribution in [0.4, 0.5) is 9.52 Å². The van der Waals surface area contributed by atoms with E-state index < -0.39 is 11.7 Å². The molecule has 0 aliphatic heterocycles. The predicted molar refractivity (Wildman–Crippen MR) is 93.5 cm³/mol. The molecule has 5 nitrogen and oxygen atoms in total. The normalized spacial score (nSPS) is 10.5. The zero-order chi connectivity index (χ0) is 17.8. The van der Waals surface area contributed by atoms with Crippen LogP contribution in [0.2, 0.25) is 0 Å². The number of nitrogens with zero attached hydrogens (tertiary/aromatic N) is 2. The van der Waals surface area contributed by atoms with E-state index in [4.69, 9.17) is 0 Å². The molecule has 3 rings (SSSR count). The molecule has 0 spiro atoms. The molecule has 0 unspecified atom stereocenters. The summed E-state index contributed by atoms with van der Waals surface area (Å²) in [5.41, 5.74) is 0.780. The maximum absolute atomic E-state index is 13.0. The van der Waals surface area contributed by atoms with Crippen LogP contribution in [0.25, 0.3) is 0 Å². The van der Waals surface area contributed by atoms with Crippen molar-refractivity contribution in [1.29, 1.82) is 0 Å². The molecule has 0 radical (unpaired) electrons. The minimum absolute atomic E-state index is 0.227. The summed E-state index contributed by atoms with van der Waals surface area (Å²) in [6.07, 6.45) is 0.729. The molecule has 0 atom stereocenters. The molecular weight excluding hydrogens is 341 g/mol. The topological polar surface area (TPSA) is 72.0 Å². The van der Waals surface area contributed by atoms with Gasteiger partial charge in [0.2, 0.25) is 5.13 Å². The van der Waals surface area contributed by atoms with Gasteiger partial charge in [-0.1, -0.05) is 36.5 Å². The lowest BCUT2D eigenvalue weighted by Gasteiger charge is -2.08. The van der Waals surface area contributed by atoms with E-state index >= 15 is 0 Å². The van der Waals surface area contributed by atoms with Crippen molar-refractivity contribution in [3.05, 3.63) is 76.0 Å². The molecule has 1 aromatic heterocycles. The summed E-state index contributed by atoms with van der Waals surface area (Å²) >= 11 is 1.29. The van der Waals surface area contributed by atoms with E-state index in [0.29, 0.717) is 10.7 Å². The summed E-state index contributed by atoms with van der Waals surface area (Å²) in [6.45, 7) is 1.95. The number of benzene rings is 2. The van der Waals surface area contributed by atoms with Gasteiger partial charge in [-0.05, 0) is 36.8 Å². The lowest BCUT2D eigenvalue weighted by molar-refractivity contribution is 0.0996. The molecule has 0 saturated carbocycles. The highest BCUT2D eigenvalue weighted by Crippen LogP contribution is 2.19. The van der Waals surface area contributed by atoms with Gasteiger partial charge in [0.05, 0.1) is 5.56 Å². The lowest BCUT2D eigenvalue weighted by Crippen LogP contribution is -2.16. The average molecular weight is 355 g/mol. The molecule has 0 aliphatic rings. The quantitative estimate of drug-likeness (QED) is 0.708. The standard InChI is InChI=1S/C18H14FN3O2S/c1-2-15-21-22-18(25-15)20-17(24)14-6-4-3-5-13(14)16(23)11-7-9-12(19)10-8-11/h3-10H,2H2,1H3,(H,20,22,24). The van der Waals surface area contributed by atoms with Gasteiger partial charge in [0, 0.05) is 11.1 Å². The summed E-state index contributed by atoms with van der Waals surface area (Å²) in [4.78, 5) is 25.2. The number of hydrogen-bond acceptors (Lipinski definition) is 5. The van der Waals surface area contributed by atoms with Crippen molar-refractivity contribution in [2.45, 2.75) is 13.3 Å². The van der Waals surface area contributed by atoms with Gasteiger partial charge < -0.3 is 0 Å². The fourth-order valence-electron chi connectivity index (χ4n) is 2.25. The number of nitrogens with one attached hydrogen (secondary N) is 1. The fourth-order valence-corrected chi connectivity index (χ4v) is 2.92. The highest BCUT2D eigenvalue weighted by molar-refractivity contribution is 7.15. The summed E-state index contributed by atoms with van der Waals surface area (Å²) < 4.78 is 13.0. The first kappa shape index (κ1) is 16.9. The van der Waals surface area contributed by atoms with Crippen LogP contribution in [-0.4, -0.2) is 21.9 Å². The molecule has 1 heterocycles. The molecular formula is C18H14FN3O2S. The first-order chi connectivity index (χ1) is 12.1. The van der Waals surface area contributed by atoms with E-state index in [2.05, 4.69) is 15.5 Å². The van der Waals surface area contributed by atoms with Crippen LogP contribution in [0.5, 0.6) is 0 Å². The number of hydrogen-bond donors (Lipinski definition) is 1. The second-order valence-corrected chi connectivity index (χ2v) is 6.25. The zero-order valence-corrected chi connectivity index (χ0v) is 14.1. The number of aromatic nitrogens is 2. The lowest BCUT2D eigenvalue weighted by atomic mass is 9.98. The number of carbonyl (C=O) groups is 2. The van der Waals surface area contributed by atoms with Crippen molar-refractivity contribution in [3.63, 3.8) is 0 Å². The Balaban J connectivity index is 1.88. The SMILES string of the molecule is CCc1nnc(NC(=O)c2ccccc2C(=O)c2ccc(F)cc2)s1. The Morgan fingerprint density at radius 1 is 1.04 bits per heavy atom. The second kappa shape index (κ2) is 7.31. The van der Waals surface area contributed by atoms with Crippen molar-refractivity contribution < 1.29 is 14.0 Å². The number of carbonyl (C=O) groups excluding carboxylic acids is 2. The first-order valence-electron chi connectivity index (χ1n) is 7.61. The van der Waals surface area contributed by atoms with Gasteiger partial charge in [-0.25, -0.2) is 4.39 Å². The zero-order valence-electron chi connectivity index (χ0n) is 13.3. The van der Waals surface area contributed by atoms with E-state index in [1.165, 1.54) is 35.6 Å². The molecule has 1 N–H and O–H groups in total. The third kappa shape index (κ3) is 3.77. The maximum Gasteiger partial charge on any atom is 0.258 e. The number of rotatable bonds is 5. The van der Waals surface area contributed by atoms with E-state index in [9.17, 15) is 14.0 Å². The number of aryl methyl sites for hydroxylation is 1. The van der Waals surface area contributed by atoms with Crippen LogP contribution in [0, 0.1) is 5.82 Å². The van der Waals surface area contributed by atoms with Crippen LogP contribution in [-0.2, 0) is 6.42 Å². The predicted octanol–water partition coefficient (Wildman–Crippen LogP) is 3.72. The third-order valence-corrected chi connectivity index (χ3v) is 4.50. The molecule has 126 valence electrons. The van der Waals surface area contributed by atoms with E-state index in [1.54, 1.807) is 24.3 Å². The van der Waals surface area contributed by atoms with Gasteiger partial charge in [-0.3, -0.25) is 14.9 Å². The van der Waals surface area contributed by atoms with Crippen LogP contribution < -0.4 is 5.32 Å². The summed E-state index contributed by atoms with van der Waals surface area (Å²) in [5, 5.41) is 11.7. The van der Waals surface area contributed by atoms with Gasteiger partial charge in [0.1, 0.15) is 10.8 Å². The monoisotopic (exact) mass is 355 g/mol. The Hall–Kier alpha value is -2.93. The molecule has 25 heavy (non-hydrogen) atoms. The molecule has 0 aliphatic carbocycles. The largest absolute Gasteiger partial charge is 0.296 e. The van der Waals surface area contributed by atoms with Crippen LogP contribution in [0.3, 0.4) is 0 Å². The molecule has 2 aromatic carbocycles. The van der Waals surface area contributed by atoms with Gasteiger partial charge in [0.25, 0.3) is 5.91 Å². The van der Waals surface area contributed by atoms with Crippen LogP contribution >= 0.6 is 11.3 Å². The summed E-state index contributed by atoms with van der Waals surface area (Å²) in [6, 6.07) is 11.7. The highest BCUT2D eigenvalue weighted by Gasteiger charge is 2.19. The molecule has 0 fully saturated rings. The number of ketones is 1. The Morgan fingerprint density at radius 2 is 1.72 bits per heavy atom. The average Bonchev–Trinajstić information content (AvgIpc) is 3.09. The number of halogens is 1.